The molecule has 3 N–H and O–H groups in total. The summed E-state index contributed by atoms with van der Waals surface area (Å²) in [7, 11) is 0. The number of rotatable bonds is 8. The molecule has 0 heterocycles. The Hall–Kier alpha value is -1.71. The van der Waals surface area contributed by atoms with Gasteiger partial charge in [-0.25, -0.2) is 0 Å². The molecule has 0 radical (unpaired) electrons. The number of hydrogen-bond acceptors (Lipinski definition) is 6. The second kappa shape index (κ2) is 9.12. The van der Waals surface area contributed by atoms with Gasteiger partial charge in [0.15, 0.2) is 11.5 Å². The standard InChI is InChI=1S/C16H17F3N2O2S2/c1-2-22-15-9-11(21-10-24-20)3-8-14(15)23-12-4-6-13(7-5-12)25-16(17,18)19/h3-9,21H,2,10,20H2,1H3. The fraction of sp³-hybridized carbons (Fsp3) is 0.250. The molecule has 2 aromatic rings. The first-order valence-corrected chi connectivity index (χ1v) is 9.14. The van der Waals surface area contributed by atoms with E-state index in [0.717, 1.165) is 17.6 Å². The van der Waals surface area contributed by atoms with Gasteiger partial charge in [0.1, 0.15) is 5.75 Å². The van der Waals surface area contributed by atoms with E-state index in [1.807, 2.05) is 13.0 Å². The predicted octanol–water partition coefficient (Wildman–Crippen LogP) is 5.47. The van der Waals surface area contributed by atoms with Gasteiger partial charge in [0, 0.05) is 16.6 Å². The Morgan fingerprint density at radius 2 is 1.80 bits per heavy atom. The van der Waals surface area contributed by atoms with Gasteiger partial charge >= 0.3 is 5.51 Å². The predicted molar refractivity (Wildman–Crippen MR) is 96.3 cm³/mol. The molecule has 4 nitrogen and oxygen atoms in total. The molecule has 0 fully saturated rings. The molecule has 0 saturated heterocycles. The van der Waals surface area contributed by atoms with Crippen molar-refractivity contribution < 1.29 is 22.6 Å². The van der Waals surface area contributed by atoms with Crippen molar-refractivity contribution in [1.29, 1.82) is 0 Å². The van der Waals surface area contributed by atoms with Crippen molar-refractivity contribution in [3.8, 4) is 17.2 Å². The Morgan fingerprint density at radius 3 is 2.40 bits per heavy atom. The first kappa shape index (κ1) is 19.6. The topological polar surface area (TPSA) is 56.5 Å². The Labute approximate surface area is 152 Å². The molecule has 25 heavy (non-hydrogen) atoms. The first-order valence-electron chi connectivity index (χ1n) is 7.27. The average Bonchev–Trinajstić information content (AvgIpc) is 2.55. The van der Waals surface area contributed by atoms with E-state index < -0.39 is 5.51 Å². The number of benzene rings is 2. The molecule has 0 saturated carbocycles. The second-order valence-corrected chi connectivity index (χ2v) is 6.46. The van der Waals surface area contributed by atoms with E-state index in [-0.39, 0.29) is 16.7 Å². The number of nitrogens with one attached hydrogen (secondary N) is 1. The lowest BCUT2D eigenvalue weighted by atomic mass is 10.2. The summed E-state index contributed by atoms with van der Waals surface area (Å²) >= 11 is 0.998. The van der Waals surface area contributed by atoms with Crippen LogP contribution in [-0.2, 0) is 0 Å². The van der Waals surface area contributed by atoms with Gasteiger partial charge in [-0.2, -0.15) is 13.2 Å². The zero-order valence-electron chi connectivity index (χ0n) is 13.3. The van der Waals surface area contributed by atoms with Gasteiger partial charge < -0.3 is 14.8 Å². The number of hydrogen-bond donors (Lipinski definition) is 2. The van der Waals surface area contributed by atoms with Gasteiger partial charge in [-0.3, -0.25) is 5.14 Å². The maximum atomic E-state index is 12.4. The van der Waals surface area contributed by atoms with Crippen molar-refractivity contribution in [2.75, 3.05) is 17.8 Å². The smallest absolute Gasteiger partial charge is 0.446 e. The van der Waals surface area contributed by atoms with Crippen LogP contribution in [0.15, 0.2) is 47.4 Å². The summed E-state index contributed by atoms with van der Waals surface area (Å²) in [5.74, 6) is 1.97. The summed E-state index contributed by atoms with van der Waals surface area (Å²) < 4.78 is 48.4. The number of thioether (sulfide) groups is 1. The Balaban J connectivity index is 2.12. The second-order valence-electron chi connectivity index (χ2n) is 4.70. The highest BCUT2D eigenvalue weighted by Crippen LogP contribution is 2.38. The summed E-state index contributed by atoms with van der Waals surface area (Å²) in [4.78, 5) is 0.101. The summed E-state index contributed by atoms with van der Waals surface area (Å²) in [6, 6.07) is 11.0. The lowest BCUT2D eigenvalue weighted by molar-refractivity contribution is -0.0328. The lowest BCUT2D eigenvalue weighted by Crippen LogP contribution is -2.01. The minimum absolute atomic E-state index is 0.101. The Kier molecular flexibility index (Phi) is 7.15. The third-order valence-electron chi connectivity index (χ3n) is 2.89. The normalized spacial score (nSPS) is 11.2. The van der Waals surface area contributed by atoms with Crippen LogP contribution in [0.2, 0.25) is 0 Å². The molecule has 0 aromatic heterocycles. The summed E-state index contributed by atoms with van der Waals surface area (Å²) in [5, 5.41) is 8.49. The molecular formula is C16H17F3N2O2S2. The van der Waals surface area contributed by atoms with E-state index in [1.165, 1.54) is 24.3 Å². The number of nitrogens with two attached hydrogens (primary N) is 1. The van der Waals surface area contributed by atoms with Crippen molar-refractivity contribution >= 4 is 29.4 Å². The maximum Gasteiger partial charge on any atom is 0.446 e. The average molecular weight is 390 g/mol. The van der Waals surface area contributed by atoms with Crippen LogP contribution in [0, 0.1) is 0 Å². The zero-order valence-corrected chi connectivity index (χ0v) is 14.9. The minimum Gasteiger partial charge on any atom is -0.490 e. The van der Waals surface area contributed by atoms with Gasteiger partial charge in [0.2, 0.25) is 0 Å². The summed E-state index contributed by atoms with van der Waals surface area (Å²) in [6.07, 6.45) is 0. The fourth-order valence-corrected chi connectivity index (χ4v) is 2.72. The quantitative estimate of drug-likeness (QED) is 0.354. The van der Waals surface area contributed by atoms with Crippen LogP contribution in [0.3, 0.4) is 0 Å². The molecule has 0 unspecified atom stereocenters. The molecule has 0 aliphatic heterocycles. The Morgan fingerprint density at radius 1 is 1.08 bits per heavy atom. The molecule has 136 valence electrons. The summed E-state index contributed by atoms with van der Waals surface area (Å²) in [5.41, 5.74) is -3.49. The third-order valence-corrected chi connectivity index (χ3v) is 3.94. The highest BCUT2D eigenvalue weighted by atomic mass is 32.2. The third kappa shape index (κ3) is 6.60. The van der Waals surface area contributed by atoms with Crippen molar-refractivity contribution in [1.82, 2.24) is 0 Å². The number of anilines is 1. The molecule has 0 aliphatic carbocycles. The number of ether oxygens (including phenoxy) is 2. The van der Waals surface area contributed by atoms with Crippen LogP contribution in [-0.4, -0.2) is 18.0 Å². The maximum absolute atomic E-state index is 12.4. The van der Waals surface area contributed by atoms with Gasteiger partial charge in [0.05, 0.1) is 12.5 Å². The zero-order chi connectivity index (χ0) is 18.3. The molecule has 0 spiro atoms. The summed E-state index contributed by atoms with van der Waals surface area (Å²) in [6.45, 7) is 2.30. The van der Waals surface area contributed by atoms with Gasteiger partial charge in [-0.1, -0.05) is 11.9 Å². The molecular weight excluding hydrogens is 373 g/mol. The molecule has 2 rings (SSSR count). The molecule has 0 amide bonds. The van der Waals surface area contributed by atoms with Crippen LogP contribution in [0.5, 0.6) is 17.2 Å². The van der Waals surface area contributed by atoms with Crippen LogP contribution >= 0.6 is 23.7 Å². The van der Waals surface area contributed by atoms with Crippen LogP contribution in [0.4, 0.5) is 18.9 Å². The van der Waals surface area contributed by atoms with E-state index >= 15 is 0 Å². The largest absolute Gasteiger partial charge is 0.490 e. The lowest BCUT2D eigenvalue weighted by Gasteiger charge is -2.14. The van der Waals surface area contributed by atoms with E-state index in [0.29, 0.717) is 29.7 Å². The number of alkyl halides is 3. The van der Waals surface area contributed by atoms with Crippen molar-refractivity contribution in [3.63, 3.8) is 0 Å². The van der Waals surface area contributed by atoms with Gasteiger partial charge in [-0.05, 0) is 55.1 Å². The van der Waals surface area contributed by atoms with Crippen LogP contribution in [0.1, 0.15) is 6.92 Å². The van der Waals surface area contributed by atoms with E-state index in [1.54, 1.807) is 12.1 Å². The highest BCUT2D eigenvalue weighted by molar-refractivity contribution is 8.00. The minimum atomic E-state index is -4.31. The molecule has 0 atom stereocenters. The van der Waals surface area contributed by atoms with Crippen molar-refractivity contribution in [3.05, 3.63) is 42.5 Å². The molecule has 2 aromatic carbocycles. The monoisotopic (exact) mass is 390 g/mol. The highest BCUT2D eigenvalue weighted by Gasteiger charge is 2.29. The van der Waals surface area contributed by atoms with Gasteiger partial charge in [0.25, 0.3) is 0 Å². The van der Waals surface area contributed by atoms with E-state index in [4.69, 9.17) is 14.6 Å². The molecule has 0 bridgehead atoms. The molecule has 0 aliphatic rings. The van der Waals surface area contributed by atoms with E-state index in [2.05, 4.69) is 5.32 Å². The van der Waals surface area contributed by atoms with Crippen molar-refractivity contribution in [2.45, 2.75) is 17.3 Å². The SMILES string of the molecule is CCOc1cc(NCSN)ccc1Oc1ccc(SC(F)(F)F)cc1. The fourth-order valence-electron chi connectivity index (χ4n) is 1.93. The molecule has 9 heteroatoms. The Bertz CT molecular complexity index is 682. The number of halogens is 3. The van der Waals surface area contributed by atoms with E-state index in [9.17, 15) is 13.2 Å². The first-order chi connectivity index (χ1) is 11.9. The van der Waals surface area contributed by atoms with Crippen LogP contribution < -0.4 is 19.9 Å². The van der Waals surface area contributed by atoms with Crippen molar-refractivity contribution in [2.24, 2.45) is 5.14 Å². The van der Waals surface area contributed by atoms with Gasteiger partial charge in [-0.15, -0.1) is 0 Å². The van der Waals surface area contributed by atoms with Crippen LogP contribution in [0.25, 0.3) is 0 Å².